The Hall–Kier alpha value is -3.56. The molecule has 0 aliphatic carbocycles. The molecule has 3 aromatic carbocycles. The minimum Gasteiger partial charge on any atom is -0.357 e. The van der Waals surface area contributed by atoms with Gasteiger partial charge in [-0.2, -0.15) is 4.31 Å². The van der Waals surface area contributed by atoms with Crippen molar-refractivity contribution in [2.75, 3.05) is 19.8 Å². The van der Waals surface area contributed by atoms with Crippen molar-refractivity contribution in [1.29, 1.82) is 0 Å². The Kier molecular flexibility index (Phi) is 9.32. The van der Waals surface area contributed by atoms with Crippen LogP contribution in [0.15, 0.2) is 84.9 Å². The van der Waals surface area contributed by atoms with E-state index >= 15 is 0 Å². The predicted octanol–water partition coefficient (Wildman–Crippen LogP) is 2.97. The lowest BCUT2D eigenvalue weighted by Crippen LogP contribution is -2.52. The fourth-order valence-electron chi connectivity index (χ4n) is 3.83. The summed E-state index contributed by atoms with van der Waals surface area (Å²) in [4.78, 5) is 28.0. The van der Waals surface area contributed by atoms with Gasteiger partial charge >= 0.3 is 0 Å². The summed E-state index contributed by atoms with van der Waals surface area (Å²) in [6.07, 6.45) is 1.28. The Morgan fingerprint density at radius 2 is 1.36 bits per heavy atom. The molecule has 0 bridgehead atoms. The van der Waals surface area contributed by atoms with Crippen LogP contribution in [0.3, 0.4) is 0 Å². The van der Waals surface area contributed by atoms with Gasteiger partial charge in [-0.3, -0.25) is 9.59 Å². The summed E-state index contributed by atoms with van der Waals surface area (Å²) in [6.45, 7) is -0.427. The minimum absolute atomic E-state index is 0.00692. The maximum atomic E-state index is 13.7. The fourth-order valence-corrected chi connectivity index (χ4v) is 4.55. The lowest BCUT2D eigenvalue weighted by molar-refractivity contribution is -0.141. The maximum absolute atomic E-state index is 13.7. The smallest absolute Gasteiger partial charge is 0.242 e. The first kappa shape index (κ1) is 27.0. The van der Waals surface area contributed by atoms with Gasteiger partial charge in [0.15, 0.2) is 0 Å². The van der Waals surface area contributed by atoms with Gasteiger partial charge in [-0.05, 0) is 28.8 Å². The Bertz CT molecular complexity index is 1250. The highest BCUT2D eigenvalue weighted by atomic mass is 32.2. The number of hydrogen-bond donors (Lipinski definition) is 1. The molecule has 0 aliphatic heterocycles. The standard InChI is InChI=1S/C27H30FN3O4S/c1-29-27(33)25(17-21-9-5-3-6-10-21)31(19-23-13-15-24(28)16-14-23)26(32)20-30(36(2,34)35)18-22-11-7-4-8-12-22/h3-16,25H,17-20H2,1-2H3,(H,29,33). The average molecular weight is 512 g/mol. The number of nitrogens with zero attached hydrogens (tertiary/aromatic N) is 2. The van der Waals surface area contributed by atoms with E-state index in [9.17, 15) is 22.4 Å². The molecule has 0 aromatic heterocycles. The van der Waals surface area contributed by atoms with Crippen LogP contribution < -0.4 is 5.32 Å². The molecule has 36 heavy (non-hydrogen) atoms. The molecule has 3 rings (SSSR count). The van der Waals surface area contributed by atoms with Crippen LogP contribution in [-0.2, 0) is 39.1 Å². The van der Waals surface area contributed by atoms with Crippen LogP contribution in [0, 0.1) is 5.82 Å². The molecule has 1 atom stereocenters. The SMILES string of the molecule is CNC(=O)C(Cc1ccccc1)N(Cc1ccc(F)cc1)C(=O)CN(Cc1ccccc1)S(C)(=O)=O. The van der Waals surface area contributed by atoms with Crippen molar-refractivity contribution < 1.29 is 22.4 Å². The normalized spacial score (nSPS) is 12.2. The zero-order valence-electron chi connectivity index (χ0n) is 20.3. The Morgan fingerprint density at radius 1 is 0.833 bits per heavy atom. The number of nitrogens with one attached hydrogen (secondary N) is 1. The minimum atomic E-state index is -3.74. The van der Waals surface area contributed by atoms with Crippen molar-refractivity contribution in [3.05, 3.63) is 107 Å². The number of likely N-dealkylation sites (N-methyl/N-ethyl adjacent to an activating group) is 1. The zero-order chi connectivity index (χ0) is 26.1. The van der Waals surface area contributed by atoms with Crippen LogP contribution in [0.5, 0.6) is 0 Å². The number of rotatable bonds is 11. The van der Waals surface area contributed by atoms with E-state index in [1.165, 1.54) is 36.2 Å². The van der Waals surface area contributed by atoms with Gasteiger partial charge in [0.2, 0.25) is 21.8 Å². The first-order valence-corrected chi connectivity index (χ1v) is 13.3. The third-order valence-corrected chi connectivity index (χ3v) is 6.96. The van der Waals surface area contributed by atoms with E-state index in [1.54, 1.807) is 24.3 Å². The first-order chi connectivity index (χ1) is 17.2. The zero-order valence-corrected chi connectivity index (χ0v) is 21.1. The molecule has 3 aromatic rings. The molecule has 7 nitrogen and oxygen atoms in total. The fraction of sp³-hybridized carbons (Fsp3) is 0.259. The molecule has 190 valence electrons. The molecular weight excluding hydrogens is 481 g/mol. The van der Waals surface area contributed by atoms with Crippen LogP contribution in [-0.4, -0.2) is 55.3 Å². The molecule has 1 unspecified atom stereocenters. The summed E-state index contributed by atoms with van der Waals surface area (Å²) in [5.41, 5.74) is 2.18. The summed E-state index contributed by atoms with van der Waals surface area (Å²) in [7, 11) is -2.26. The molecule has 0 spiro atoms. The largest absolute Gasteiger partial charge is 0.357 e. The van der Waals surface area contributed by atoms with Crippen molar-refractivity contribution >= 4 is 21.8 Å². The van der Waals surface area contributed by atoms with Crippen LogP contribution >= 0.6 is 0 Å². The number of carbonyl (C=O) groups excluding carboxylic acids is 2. The third kappa shape index (κ3) is 7.73. The van der Waals surface area contributed by atoms with Gasteiger partial charge in [0.1, 0.15) is 11.9 Å². The van der Waals surface area contributed by atoms with Gasteiger partial charge in [0.05, 0.1) is 12.8 Å². The maximum Gasteiger partial charge on any atom is 0.242 e. The van der Waals surface area contributed by atoms with Crippen molar-refractivity contribution in [2.24, 2.45) is 0 Å². The van der Waals surface area contributed by atoms with E-state index in [0.29, 0.717) is 5.56 Å². The number of hydrogen-bond acceptors (Lipinski definition) is 4. The van der Waals surface area contributed by atoms with Crippen molar-refractivity contribution in [3.8, 4) is 0 Å². The second-order valence-corrected chi connectivity index (χ2v) is 10.5. The van der Waals surface area contributed by atoms with E-state index in [-0.39, 0.29) is 25.4 Å². The molecule has 0 saturated heterocycles. The second-order valence-electron chi connectivity index (χ2n) is 8.48. The summed E-state index contributed by atoms with van der Waals surface area (Å²) in [5.74, 6) is -1.34. The van der Waals surface area contributed by atoms with E-state index < -0.39 is 34.3 Å². The van der Waals surface area contributed by atoms with E-state index in [2.05, 4.69) is 5.32 Å². The van der Waals surface area contributed by atoms with Crippen molar-refractivity contribution in [1.82, 2.24) is 14.5 Å². The summed E-state index contributed by atoms with van der Waals surface area (Å²) in [5, 5.41) is 2.61. The summed E-state index contributed by atoms with van der Waals surface area (Å²) in [6, 6.07) is 22.9. The molecule has 0 aliphatic rings. The van der Waals surface area contributed by atoms with E-state index in [4.69, 9.17) is 0 Å². The highest BCUT2D eigenvalue weighted by Gasteiger charge is 2.32. The Labute approximate surface area is 211 Å². The van der Waals surface area contributed by atoms with Gasteiger partial charge in [0, 0.05) is 26.6 Å². The van der Waals surface area contributed by atoms with Crippen LogP contribution in [0.2, 0.25) is 0 Å². The van der Waals surface area contributed by atoms with Gasteiger partial charge in [-0.1, -0.05) is 72.8 Å². The molecule has 1 N–H and O–H groups in total. The molecular formula is C27H30FN3O4S. The van der Waals surface area contributed by atoms with Gasteiger partial charge < -0.3 is 10.2 Å². The predicted molar refractivity (Wildman–Crippen MR) is 137 cm³/mol. The van der Waals surface area contributed by atoms with Crippen LogP contribution in [0.25, 0.3) is 0 Å². The van der Waals surface area contributed by atoms with Gasteiger partial charge in [0.25, 0.3) is 0 Å². The Balaban J connectivity index is 1.95. The van der Waals surface area contributed by atoms with Crippen molar-refractivity contribution in [3.63, 3.8) is 0 Å². The average Bonchev–Trinajstić information content (AvgIpc) is 2.87. The van der Waals surface area contributed by atoms with Crippen LogP contribution in [0.4, 0.5) is 4.39 Å². The van der Waals surface area contributed by atoms with Crippen LogP contribution in [0.1, 0.15) is 16.7 Å². The van der Waals surface area contributed by atoms with E-state index in [1.807, 2.05) is 36.4 Å². The van der Waals surface area contributed by atoms with Gasteiger partial charge in [-0.15, -0.1) is 0 Å². The molecule has 9 heteroatoms. The summed E-state index contributed by atoms with van der Waals surface area (Å²) < 4.78 is 39.7. The number of carbonyl (C=O) groups is 2. The molecule has 0 saturated carbocycles. The second kappa shape index (κ2) is 12.4. The van der Waals surface area contributed by atoms with E-state index in [0.717, 1.165) is 21.7 Å². The third-order valence-electron chi connectivity index (χ3n) is 5.77. The number of sulfonamides is 1. The lowest BCUT2D eigenvalue weighted by atomic mass is 10.0. The Morgan fingerprint density at radius 3 is 1.89 bits per heavy atom. The summed E-state index contributed by atoms with van der Waals surface area (Å²) >= 11 is 0. The van der Waals surface area contributed by atoms with Gasteiger partial charge in [-0.25, -0.2) is 12.8 Å². The topological polar surface area (TPSA) is 86.8 Å². The molecule has 0 fully saturated rings. The lowest BCUT2D eigenvalue weighted by Gasteiger charge is -2.32. The highest BCUT2D eigenvalue weighted by molar-refractivity contribution is 7.88. The highest BCUT2D eigenvalue weighted by Crippen LogP contribution is 2.17. The first-order valence-electron chi connectivity index (χ1n) is 11.5. The number of benzene rings is 3. The number of amides is 2. The number of halogens is 1. The quantitative estimate of drug-likeness (QED) is 0.429. The molecule has 2 amide bonds. The molecule has 0 heterocycles. The van der Waals surface area contributed by atoms with Crippen molar-refractivity contribution in [2.45, 2.75) is 25.6 Å². The molecule has 0 radical (unpaired) electrons. The monoisotopic (exact) mass is 511 g/mol.